The van der Waals surface area contributed by atoms with Crippen molar-refractivity contribution in [3.05, 3.63) is 12.2 Å². The van der Waals surface area contributed by atoms with E-state index < -0.39 is 10.5 Å². The number of halogens is 1. The monoisotopic (exact) mass is 185 g/mol. The summed E-state index contributed by atoms with van der Waals surface area (Å²) in [6, 6.07) is 1.94. The van der Waals surface area contributed by atoms with Gasteiger partial charge in [-0.1, -0.05) is 17.7 Å². The Labute approximate surface area is 75.2 Å². The summed E-state index contributed by atoms with van der Waals surface area (Å²) in [5.41, 5.74) is -1.31. The van der Waals surface area contributed by atoms with Crippen LogP contribution in [0, 0.1) is 11.3 Å². The van der Waals surface area contributed by atoms with Crippen LogP contribution in [0.5, 0.6) is 0 Å². The molecule has 0 unspecified atom stereocenters. The van der Waals surface area contributed by atoms with E-state index >= 15 is 0 Å². The molecule has 3 atom stereocenters. The van der Waals surface area contributed by atoms with Crippen molar-refractivity contribution in [2.24, 2.45) is 0 Å². The molecule has 1 saturated heterocycles. The number of aliphatic hydroxyl groups is 1. The molecule has 1 fully saturated rings. The van der Waals surface area contributed by atoms with Crippen molar-refractivity contribution in [3.63, 3.8) is 0 Å². The Bertz CT molecular complexity index is 285. The van der Waals surface area contributed by atoms with Gasteiger partial charge in [0.1, 0.15) is 5.60 Å². The van der Waals surface area contributed by atoms with E-state index in [9.17, 15) is 5.11 Å². The van der Waals surface area contributed by atoms with Crippen molar-refractivity contribution in [2.75, 3.05) is 6.61 Å². The van der Waals surface area contributed by atoms with Crippen molar-refractivity contribution in [1.29, 1.82) is 5.26 Å². The quantitative estimate of drug-likeness (QED) is 0.444. The number of nitrogens with zero attached hydrogens (tertiary/aromatic N) is 1. The minimum absolute atomic E-state index is 0.115. The third kappa shape index (κ3) is 0.831. The largest absolute Gasteiger partial charge is 0.380 e. The number of nitriles is 1. The van der Waals surface area contributed by atoms with E-state index in [1.54, 1.807) is 12.2 Å². The Kier molecular flexibility index (Phi) is 1.50. The Hall–Kier alpha value is -0.560. The third-order valence-corrected chi connectivity index (χ3v) is 3.02. The topological polar surface area (TPSA) is 53.2 Å². The fourth-order valence-electron chi connectivity index (χ4n) is 1.57. The van der Waals surface area contributed by atoms with Crippen LogP contribution in [0.4, 0.5) is 0 Å². The van der Waals surface area contributed by atoms with Gasteiger partial charge in [0.25, 0.3) is 0 Å². The number of alkyl halides is 1. The average Bonchev–Trinajstić information content (AvgIpc) is 2.08. The van der Waals surface area contributed by atoms with Crippen LogP contribution in [0.2, 0.25) is 0 Å². The highest BCUT2D eigenvalue weighted by molar-refractivity contribution is 6.27. The molecule has 64 valence electrons. The minimum Gasteiger partial charge on any atom is -0.380 e. The van der Waals surface area contributed by atoms with E-state index in [-0.39, 0.29) is 12.7 Å². The molecule has 0 saturated carbocycles. The first-order chi connectivity index (χ1) is 5.60. The molecule has 0 aromatic heterocycles. The molecule has 2 bridgehead atoms. The molecule has 3 aliphatic rings. The lowest BCUT2D eigenvalue weighted by Crippen LogP contribution is -2.60. The third-order valence-electron chi connectivity index (χ3n) is 2.45. The van der Waals surface area contributed by atoms with Crippen LogP contribution >= 0.6 is 11.6 Å². The summed E-state index contributed by atoms with van der Waals surface area (Å²) in [6.45, 7) is 0.116. The van der Waals surface area contributed by atoms with Crippen LogP contribution in [-0.4, -0.2) is 28.3 Å². The van der Waals surface area contributed by atoms with E-state index in [2.05, 4.69) is 0 Å². The predicted molar refractivity (Wildman–Crippen MR) is 42.6 cm³/mol. The molecule has 0 aromatic rings. The second-order valence-corrected chi connectivity index (χ2v) is 3.90. The van der Waals surface area contributed by atoms with Crippen LogP contribution < -0.4 is 0 Å². The van der Waals surface area contributed by atoms with Gasteiger partial charge >= 0.3 is 0 Å². The highest BCUT2D eigenvalue weighted by atomic mass is 35.5. The molecule has 0 amide bonds. The van der Waals surface area contributed by atoms with Gasteiger partial charge in [-0.25, -0.2) is 0 Å². The lowest BCUT2D eigenvalue weighted by Gasteiger charge is -2.46. The summed E-state index contributed by atoms with van der Waals surface area (Å²) in [5, 5.41) is 18.7. The van der Waals surface area contributed by atoms with Gasteiger partial charge in [0.15, 0.2) is 4.87 Å². The molecule has 2 heterocycles. The van der Waals surface area contributed by atoms with E-state index in [0.29, 0.717) is 6.42 Å². The smallest absolute Gasteiger partial charge is 0.168 e. The SMILES string of the molecule is N#C[C@]1(Cl)C[C@@H]2C=C[C@@]1(O)CO2. The van der Waals surface area contributed by atoms with Crippen LogP contribution in [-0.2, 0) is 4.74 Å². The van der Waals surface area contributed by atoms with Gasteiger partial charge < -0.3 is 9.84 Å². The van der Waals surface area contributed by atoms with Crippen molar-refractivity contribution < 1.29 is 9.84 Å². The highest BCUT2D eigenvalue weighted by Gasteiger charge is 2.55. The Morgan fingerprint density at radius 2 is 2.50 bits per heavy atom. The van der Waals surface area contributed by atoms with Crippen LogP contribution in [0.15, 0.2) is 12.2 Å². The zero-order valence-electron chi connectivity index (χ0n) is 6.33. The van der Waals surface area contributed by atoms with Gasteiger partial charge in [-0.05, 0) is 6.08 Å². The zero-order valence-corrected chi connectivity index (χ0v) is 7.08. The molecule has 4 heteroatoms. The molecule has 1 N–H and O–H groups in total. The maximum absolute atomic E-state index is 9.87. The normalized spacial score (nSPS) is 50.6. The summed E-state index contributed by atoms with van der Waals surface area (Å²) in [4.78, 5) is -1.20. The maximum atomic E-state index is 9.87. The fourth-order valence-corrected chi connectivity index (χ4v) is 1.84. The number of ether oxygens (including phenoxy) is 1. The van der Waals surface area contributed by atoms with Crippen LogP contribution in [0.3, 0.4) is 0 Å². The average molecular weight is 186 g/mol. The van der Waals surface area contributed by atoms with E-state index in [1.165, 1.54) is 0 Å². The highest BCUT2D eigenvalue weighted by Crippen LogP contribution is 2.43. The molecular formula is C8H8ClNO2. The van der Waals surface area contributed by atoms with Gasteiger partial charge in [-0.3, -0.25) is 0 Å². The number of fused-ring (bicyclic) bond motifs is 2. The zero-order chi connectivity index (χ0) is 8.82. The minimum atomic E-state index is -1.31. The summed E-state index contributed by atoms with van der Waals surface area (Å²) in [5.74, 6) is 0. The summed E-state index contributed by atoms with van der Waals surface area (Å²) in [6.07, 6.45) is 3.57. The Balaban J connectivity index is 2.44. The Morgan fingerprint density at radius 1 is 1.75 bits per heavy atom. The van der Waals surface area contributed by atoms with Crippen molar-refractivity contribution in [3.8, 4) is 6.07 Å². The standard InChI is InChI=1S/C8H8ClNO2/c9-7(4-10)3-6-1-2-8(7,11)5-12-6/h1-2,6,11H,3,5H2/t6-,7+,8+/m0/s1. The van der Waals surface area contributed by atoms with Gasteiger partial charge in [-0.15, -0.1) is 0 Å². The lowest BCUT2D eigenvalue weighted by molar-refractivity contribution is -0.105. The molecular weight excluding hydrogens is 178 g/mol. The molecule has 3 nitrogen and oxygen atoms in total. The van der Waals surface area contributed by atoms with Gasteiger partial charge in [0.2, 0.25) is 0 Å². The first-order valence-electron chi connectivity index (χ1n) is 3.73. The van der Waals surface area contributed by atoms with Gasteiger partial charge in [0, 0.05) is 6.42 Å². The first kappa shape index (κ1) is 8.06. The van der Waals surface area contributed by atoms with E-state index in [0.717, 1.165) is 0 Å². The van der Waals surface area contributed by atoms with Gasteiger partial charge in [0.05, 0.1) is 18.8 Å². The molecule has 2 aliphatic heterocycles. The number of hydrogen-bond donors (Lipinski definition) is 1. The molecule has 3 rings (SSSR count). The summed E-state index contributed by atoms with van der Waals surface area (Å²) >= 11 is 5.95. The van der Waals surface area contributed by atoms with E-state index in [4.69, 9.17) is 21.6 Å². The van der Waals surface area contributed by atoms with Crippen LogP contribution in [0.25, 0.3) is 0 Å². The first-order valence-corrected chi connectivity index (χ1v) is 4.11. The molecule has 0 radical (unpaired) electrons. The number of rotatable bonds is 0. The molecule has 0 aromatic carbocycles. The molecule has 1 aliphatic carbocycles. The van der Waals surface area contributed by atoms with E-state index in [1.807, 2.05) is 6.07 Å². The summed E-state index contributed by atoms with van der Waals surface area (Å²) in [7, 11) is 0. The van der Waals surface area contributed by atoms with Crippen LogP contribution in [0.1, 0.15) is 6.42 Å². The fraction of sp³-hybridized carbons (Fsp3) is 0.625. The maximum Gasteiger partial charge on any atom is 0.168 e. The molecule has 12 heavy (non-hydrogen) atoms. The van der Waals surface area contributed by atoms with Crippen molar-refractivity contribution in [2.45, 2.75) is 23.0 Å². The lowest BCUT2D eigenvalue weighted by atomic mass is 9.77. The second-order valence-electron chi connectivity index (χ2n) is 3.25. The summed E-state index contributed by atoms with van der Waals surface area (Å²) < 4.78 is 5.20. The van der Waals surface area contributed by atoms with Crippen molar-refractivity contribution >= 4 is 11.6 Å². The Morgan fingerprint density at radius 3 is 2.83 bits per heavy atom. The van der Waals surface area contributed by atoms with Gasteiger partial charge in [-0.2, -0.15) is 5.26 Å². The predicted octanol–water partition coefficient (Wildman–Crippen LogP) is 0.577. The van der Waals surface area contributed by atoms with Crippen molar-refractivity contribution in [1.82, 2.24) is 0 Å². The second kappa shape index (κ2) is 2.23. The molecule has 0 spiro atoms. The number of hydrogen-bond acceptors (Lipinski definition) is 3.